The minimum Gasteiger partial charge on any atom is -0.335 e. The van der Waals surface area contributed by atoms with Crippen molar-refractivity contribution in [2.75, 3.05) is 13.1 Å². The van der Waals surface area contributed by atoms with Gasteiger partial charge in [0, 0.05) is 30.6 Å². The van der Waals surface area contributed by atoms with Gasteiger partial charge in [0.05, 0.1) is 0 Å². The zero-order chi connectivity index (χ0) is 20.6. The third kappa shape index (κ3) is 3.91. The maximum atomic E-state index is 12.9. The van der Waals surface area contributed by atoms with Gasteiger partial charge in [0.2, 0.25) is 5.56 Å². The molecule has 1 saturated heterocycles. The van der Waals surface area contributed by atoms with Gasteiger partial charge in [-0.3, -0.25) is 9.59 Å². The van der Waals surface area contributed by atoms with Crippen molar-refractivity contribution < 1.29 is 22.5 Å². The van der Waals surface area contributed by atoms with Crippen molar-refractivity contribution in [2.45, 2.75) is 18.5 Å². The topological polar surface area (TPSA) is 92.1 Å². The molecule has 1 aliphatic heterocycles. The second-order valence-corrected chi connectivity index (χ2v) is 6.72. The molecule has 0 saturated carbocycles. The van der Waals surface area contributed by atoms with Crippen LogP contribution in [0.3, 0.4) is 0 Å². The molecular weight excluding hydrogens is 389 g/mol. The first-order valence-corrected chi connectivity index (χ1v) is 8.81. The minimum atomic E-state index is -4.74. The molecule has 4 rings (SSSR count). The first kappa shape index (κ1) is 18.9. The molecule has 10 heteroatoms. The van der Waals surface area contributed by atoms with Crippen molar-refractivity contribution in [3.05, 3.63) is 69.9 Å². The van der Waals surface area contributed by atoms with Crippen LogP contribution in [0.1, 0.15) is 34.2 Å². The number of likely N-dealkylation sites (tertiary alicyclic amines) is 1. The number of nitrogens with zero attached hydrogens (tertiary/aromatic N) is 3. The molecule has 3 aromatic rings. The number of pyridine rings is 1. The Morgan fingerprint density at radius 1 is 1.21 bits per heavy atom. The van der Waals surface area contributed by atoms with E-state index in [0.29, 0.717) is 19.2 Å². The summed E-state index contributed by atoms with van der Waals surface area (Å²) in [4.78, 5) is 31.4. The van der Waals surface area contributed by atoms with Crippen molar-refractivity contribution in [3.8, 4) is 11.5 Å². The summed E-state index contributed by atoms with van der Waals surface area (Å²) in [7, 11) is 0. The van der Waals surface area contributed by atoms with Crippen LogP contribution >= 0.6 is 0 Å². The van der Waals surface area contributed by atoms with Crippen molar-refractivity contribution >= 4 is 5.91 Å². The molecular formula is C19H15F3N4O3. The largest absolute Gasteiger partial charge is 0.431 e. The lowest BCUT2D eigenvalue weighted by molar-refractivity contribution is -0.141. The number of hydrogen-bond acceptors (Lipinski definition) is 5. The van der Waals surface area contributed by atoms with Crippen LogP contribution in [-0.4, -0.2) is 39.0 Å². The number of H-pyrrole nitrogens is 1. The summed E-state index contributed by atoms with van der Waals surface area (Å²) in [6.45, 7) is 0.988. The fourth-order valence-electron chi connectivity index (χ4n) is 3.33. The highest BCUT2D eigenvalue weighted by Crippen LogP contribution is 2.30. The monoisotopic (exact) mass is 404 g/mol. The Labute approximate surface area is 162 Å². The first-order valence-electron chi connectivity index (χ1n) is 8.81. The number of nitrogens with one attached hydrogen (secondary N) is 1. The molecule has 1 N–H and O–H groups in total. The summed E-state index contributed by atoms with van der Waals surface area (Å²) in [6.07, 6.45) is -3.96. The van der Waals surface area contributed by atoms with Gasteiger partial charge in [0.15, 0.2) is 0 Å². The van der Waals surface area contributed by atoms with Crippen molar-refractivity contribution in [3.63, 3.8) is 0 Å². The molecule has 3 heterocycles. The molecule has 0 bridgehead atoms. The third-order valence-electron chi connectivity index (χ3n) is 4.76. The predicted molar refractivity (Wildman–Crippen MR) is 95.1 cm³/mol. The van der Waals surface area contributed by atoms with Gasteiger partial charge >= 0.3 is 6.18 Å². The lowest BCUT2D eigenvalue weighted by Crippen LogP contribution is -2.29. The molecule has 1 unspecified atom stereocenters. The zero-order valence-corrected chi connectivity index (χ0v) is 14.9. The number of aromatic nitrogens is 3. The van der Waals surface area contributed by atoms with E-state index in [2.05, 4.69) is 10.1 Å². The molecule has 150 valence electrons. The van der Waals surface area contributed by atoms with Gasteiger partial charge in [-0.05, 0) is 18.1 Å². The molecule has 1 amide bonds. The average Bonchev–Trinajstić information content (AvgIpc) is 3.37. The number of aromatic amines is 1. The van der Waals surface area contributed by atoms with Gasteiger partial charge < -0.3 is 14.4 Å². The predicted octanol–water partition coefficient (Wildman–Crippen LogP) is 3.07. The smallest absolute Gasteiger partial charge is 0.335 e. The molecule has 1 aliphatic rings. The van der Waals surface area contributed by atoms with E-state index in [1.807, 2.05) is 30.3 Å². The van der Waals surface area contributed by atoms with Crippen LogP contribution in [0.15, 0.2) is 51.8 Å². The quantitative estimate of drug-likeness (QED) is 0.724. The van der Waals surface area contributed by atoms with Crippen LogP contribution in [-0.2, 0) is 6.18 Å². The van der Waals surface area contributed by atoms with Gasteiger partial charge in [0.25, 0.3) is 17.6 Å². The summed E-state index contributed by atoms with van der Waals surface area (Å²) >= 11 is 0. The summed E-state index contributed by atoms with van der Waals surface area (Å²) in [6, 6.07) is 11.4. The molecule has 0 spiro atoms. The SMILES string of the molecule is O=C(c1noc(-c2cc(C(F)(F)F)[nH]c(=O)c2)n1)N1CCC(c2ccccc2)C1. The molecule has 1 fully saturated rings. The lowest BCUT2D eigenvalue weighted by Gasteiger charge is -2.14. The van der Waals surface area contributed by atoms with Crippen LogP contribution in [0.2, 0.25) is 0 Å². The maximum Gasteiger partial charge on any atom is 0.431 e. The number of rotatable bonds is 3. The minimum absolute atomic E-state index is 0.188. The highest BCUT2D eigenvalue weighted by atomic mass is 19.4. The van der Waals surface area contributed by atoms with E-state index in [1.54, 1.807) is 9.88 Å². The Balaban J connectivity index is 1.53. The number of alkyl halides is 3. The normalized spacial score (nSPS) is 16.9. The number of amides is 1. The molecule has 0 aliphatic carbocycles. The molecule has 7 nitrogen and oxygen atoms in total. The Morgan fingerprint density at radius 2 is 1.97 bits per heavy atom. The van der Waals surface area contributed by atoms with E-state index in [1.165, 1.54) is 0 Å². The van der Waals surface area contributed by atoms with Crippen molar-refractivity contribution in [1.29, 1.82) is 0 Å². The van der Waals surface area contributed by atoms with E-state index >= 15 is 0 Å². The summed E-state index contributed by atoms with van der Waals surface area (Å²) < 4.78 is 43.6. The van der Waals surface area contributed by atoms with E-state index in [-0.39, 0.29) is 23.2 Å². The highest BCUT2D eigenvalue weighted by Gasteiger charge is 2.33. The summed E-state index contributed by atoms with van der Waals surface area (Å²) in [5, 5.41) is 3.59. The zero-order valence-electron chi connectivity index (χ0n) is 14.9. The second-order valence-electron chi connectivity index (χ2n) is 6.72. The maximum absolute atomic E-state index is 12.9. The van der Waals surface area contributed by atoms with Gasteiger partial charge in [-0.1, -0.05) is 35.5 Å². The van der Waals surface area contributed by atoms with E-state index in [9.17, 15) is 22.8 Å². The highest BCUT2D eigenvalue weighted by molar-refractivity contribution is 5.91. The van der Waals surface area contributed by atoms with E-state index in [0.717, 1.165) is 18.1 Å². The van der Waals surface area contributed by atoms with Crippen molar-refractivity contribution in [2.24, 2.45) is 0 Å². The second kappa shape index (κ2) is 7.19. The Kier molecular flexibility index (Phi) is 4.69. The van der Waals surface area contributed by atoms with Gasteiger partial charge in [-0.15, -0.1) is 0 Å². The summed E-state index contributed by atoms with van der Waals surface area (Å²) in [5.41, 5.74) is -1.29. The standard InChI is InChI=1S/C19H15F3N4O3/c20-19(21,22)14-8-13(9-15(27)23-14)17-24-16(25-29-17)18(28)26-7-6-12(10-26)11-4-2-1-3-5-11/h1-5,8-9,12H,6-7,10H2,(H,23,27). The van der Waals surface area contributed by atoms with E-state index < -0.39 is 23.3 Å². The number of halogens is 3. The van der Waals surface area contributed by atoms with E-state index in [4.69, 9.17) is 4.52 Å². The van der Waals surface area contributed by atoms with Crippen LogP contribution < -0.4 is 5.56 Å². The molecule has 1 aromatic carbocycles. The van der Waals surface area contributed by atoms with Crippen LogP contribution in [0.5, 0.6) is 0 Å². The summed E-state index contributed by atoms with van der Waals surface area (Å²) in [5.74, 6) is -0.876. The number of carbonyl (C=O) groups excluding carboxylic acids is 1. The van der Waals surface area contributed by atoms with Crippen LogP contribution in [0, 0.1) is 0 Å². The number of hydrogen-bond donors (Lipinski definition) is 1. The van der Waals surface area contributed by atoms with Gasteiger partial charge in [0.1, 0.15) is 5.69 Å². The molecule has 2 aromatic heterocycles. The fraction of sp³-hybridized carbons (Fsp3) is 0.263. The van der Waals surface area contributed by atoms with Crippen molar-refractivity contribution in [1.82, 2.24) is 20.0 Å². The number of benzene rings is 1. The van der Waals surface area contributed by atoms with Crippen LogP contribution in [0.25, 0.3) is 11.5 Å². The molecule has 29 heavy (non-hydrogen) atoms. The Hall–Kier alpha value is -3.43. The Morgan fingerprint density at radius 3 is 2.69 bits per heavy atom. The number of carbonyl (C=O) groups is 1. The van der Waals surface area contributed by atoms with Gasteiger partial charge in [-0.2, -0.15) is 18.2 Å². The lowest BCUT2D eigenvalue weighted by atomic mass is 9.99. The Bertz CT molecular complexity index is 1090. The fourth-order valence-corrected chi connectivity index (χ4v) is 3.33. The molecule has 1 atom stereocenters. The first-order chi connectivity index (χ1) is 13.8. The van der Waals surface area contributed by atoms with Gasteiger partial charge in [-0.25, -0.2) is 0 Å². The third-order valence-corrected chi connectivity index (χ3v) is 4.76. The molecule has 0 radical (unpaired) electrons. The average molecular weight is 404 g/mol. The van der Waals surface area contributed by atoms with Crippen LogP contribution in [0.4, 0.5) is 13.2 Å².